The Labute approximate surface area is 176 Å². The zero-order valence-electron chi connectivity index (χ0n) is 16.7. The molecule has 0 bridgehead atoms. The Hall–Kier alpha value is -3.82. The lowest BCUT2D eigenvalue weighted by molar-refractivity contribution is -0.137. The van der Waals surface area contributed by atoms with Crippen molar-refractivity contribution in [1.29, 1.82) is 0 Å². The van der Waals surface area contributed by atoms with Gasteiger partial charge in [-0.25, -0.2) is 4.98 Å². The number of carbonyl (C=O) groups excluding carboxylic acids is 1. The standard InChI is InChI=1S/C21H20F3N5O2/c1-25-19(30)15-5-3-4-6-17(15)28-18-16(21(22,23)24)12-27-20(29-18)26-11-13-7-9-14(31-2)10-8-13/h3-10,12H,11H2,1-2H3,(H,25,30)(H2,26,27,28,29). The van der Waals surface area contributed by atoms with Crippen molar-refractivity contribution in [2.24, 2.45) is 0 Å². The normalized spacial score (nSPS) is 11.0. The molecule has 7 nitrogen and oxygen atoms in total. The van der Waals surface area contributed by atoms with Crippen LogP contribution in [0.25, 0.3) is 0 Å². The Morgan fingerprint density at radius 3 is 2.45 bits per heavy atom. The van der Waals surface area contributed by atoms with E-state index in [4.69, 9.17) is 4.74 Å². The number of rotatable bonds is 7. The highest BCUT2D eigenvalue weighted by molar-refractivity contribution is 6.00. The minimum atomic E-state index is -4.68. The third-order valence-corrected chi connectivity index (χ3v) is 4.36. The average Bonchev–Trinajstić information content (AvgIpc) is 2.77. The van der Waals surface area contributed by atoms with Gasteiger partial charge in [0.05, 0.1) is 18.4 Å². The van der Waals surface area contributed by atoms with Crippen molar-refractivity contribution in [2.45, 2.75) is 12.7 Å². The van der Waals surface area contributed by atoms with Gasteiger partial charge in [0, 0.05) is 19.8 Å². The van der Waals surface area contributed by atoms with Crippen molar-refractivity contribution in [3.8, 4) is 5.75 Å². The molecule has 3 aromatic rings. The Morgan fingerprint density at radius 2 is 1.81 bits per heavy atom. The fourth-order valence-corrected chi connectivity index (χ4v) is 2.75. The van der Waals surface area contributed by atoms with Gasteiger partial charge in [-0.1, -0.05) is 24.3 Å². The van der Waals surface area contributed by atoms with Crippen LogP contribution in [0, 0.1) is 0 Å². The van der Waals surface area contributed by atoms with Crippen LogP contribution in [0.5, 0.6) is 5.75 Å². The SMILES string of the molecule is CNC(=O)c1ccccc1Nc1nc(NCc2ccc(OC)cc2)ncc1C(F)(F)F. The molecule has 3 N–H and O–H groups in total. The van der Waals surface area contributed by atoms with E-state index in [0.717, 1.165) is 5.56 Å². The van der Waals surface area contributed by atoms with Gasteiger partial charge in [-0.3, -0.25) is 4.79 Å². The number of halogens is 3. The van der Waals surface area contributed by atoms with E-state index in [2.05, 4.69) is 25.9 Å². The number of carbonyl (C=O) groups is 1. The summed E-state index contributed by atoms with van der Waals surface area (Å²) in [5.41, 5.74) is 0.189. The van der Waals surface area contributed by atoms with E-state index in [9.17, 15) is 18.0 Å². The topological polar surface area (TPSA) is 88.2 Å². The lowest BCUT2D eigenvalue weighted by Crippen LogP contribution is -2.20. The van der Waals surface area contributed by atoms with Crippen molar-refractivity contribution in [1.82, 2.24) is 15.3 Å². The zero-order chi connectivity index (χ0) is 22.4. The number of hydrogen-bond acceptors (Lipinski definition) is 6. The Morgan fingerprint density at radius 1 is 1.10 bits per heavy atom. The molecule has 0 aliphatic rings. The molecular formula is C21H20F3N5O2. The number of hydrogen-bond donors (Lipinski definition) is 3. The van der Waals surface area contributed by atoms with Crippen LogP contribution in [-0.4, -0.2) is 30.0 Å². The molecule has 0 aliphatic heterocycles. The Balaban J connectivity index is 1.88. The minimum Gasteiger partial charge on any atom is -0.497 e. The molecular weight excluding hydrogens is 411 g/mol. The monoisotopic (exact) mass is 431 g/mol. The van der Waals surface area contributed by atoms with E-state index >= 15 is 0 Å². The smallest absolute Gasteiger partial charge is 0.421 e. The van der Waals surface area contributed by atoms with E-state index in [1.807, 2.05) is 12.1 Å². The van der Waals surface area contributed by atoms with Gasteiger partial charge in [-0.2, -0.15) is 18.2 Å². The number of nitrogens with zero attached hydrogens (tertiary/aromatic N) is 2. The summed E-state index contributed by atoms with van der Waals surface area (Å²) >= 11 is 0. The number of alkyl halides is 3. The predicted octanol–water partition coefficient (Wildman–Crippen LogP) is 4.22. The molecule has 0 saturated heterocycles. The fraction of sp³-hybridized carbons (Fsp3) is 0.190. The molecule has 1 heterocycles. The molecule has 31 heavy (non-hydrogen) atoms. The second-order valence-electron chi connectivity index (χ2n) is 6.40. The molecule has 0 radical (unpaired) electrons. The van der Waals surface area contributed by atoms with E-state index < -0.39 is 23.5 Å². The molecule has 0 spiro atoms. The first-order valence-corrected chi connectivity index (χ1v) is 9.21. The molecule has 0 atom stereocenters. The van der Waals surface area contributed by atoms with Crippen LogP contribution in [0.4, 0.5) is 30.6 Å². The van der Waals surface area contributed by atoms with E-state index in [1.54, 1.807) is 31.4 Å². The van der Waals surface area contributed by atoms with Crippen LogP contribution in [0.2, 0.25) is 0 Å². The summed E-state index contributed by atoms with van der Waals surface area (Å²) in [7, 11) is 2.99. The number of aromatic nitrogens is 2. The van der Waals surface area contributed by atoms with Gasteiger partial charge in [-0.05, 0) is 29.8 Å². The van der Waals surface area contributed by atoms with Gasteiger partial charge in [0.2, 0.25) is 5.95 Å². The maximum atomic E-state index is 13.5. The Bertz CT molecular complexity index is 1060. The molecule has 1 aromatic heterocycles. The van der Waals surface area contributed by atoms with Crippen LogP contribution in [0.15, 0.2) is 54.7 Å². The van der Waals surface area contributed by atoms with Crippen LogP contribution >= 0.6 is 0 Å². The lowest BCUT2D eigenvalue weighted by Gasteiger charge is -2.16. The van der Waals surface area contributed by atoms with Crippen LogP contribution in [-0.2, 0) is 12.7 Å². The number of para-hydroxylation sites is 1. The summed E-state index contributed by atoms with van der Waals surface area (Å²) in [5, 5.41) is 7.99. The summed E-state index contributed by atoms with van der Waals surface area (Å²) in [6.07, 6.45) is -3.98. The van der Waals surface area contributed by atoms with Gasteiger partial charge >= 0.3 is 6.18 Å². The second kappa shape index (κ2) is 9.33. The molecule has 2 aromatic carbocycles. The van der Waals surface area contributed by atoms with Crippen LogP contribution in [0.3, 0.4) is 0 Å². The van der Waals surface area contributed by atoms with Crippen molar-refractivity contribution < 1.29 is 22.7 Å². The van der Waals surface area contributed by atoms with Crippen LogP contribution < -0.4 is 20.7 Å². The fourth-order valence-electron chi connectivity index (χ4n) is 2.75. The van der Waals surface area contributed by atoms with Crippen molar-refractivity contribution in [2.75, 3.05) is 24.8 Å². The highest BCUT2D eigenvalue weighted by atomic mass is 19.4. The zero-order valence-corrected chi connectivity index (χ0v) is 16.7. The van der Waals surface area contributed by atoms with Crippen molar-refractivity contribution >= 4 is 23.4 Å². The highest BCUT2D eigenvalue weighted by Gasteiger charge is 2.35. The lowest BCUT2D eigenvalue weighted by atomic mass is 10.1. The number of ether oxygens (including phenoxy) is 1. The quantitative estimate of drug-likeness (QED) is 0.519. The van der Waals surface area contributed by atoms with Gasteiger partial charge in [0.1, 0.15) is 17.1 Å². The summed E-state index contributed by atoms with van der Waals surface area (Å²) in [4.78, 5) is 19.8. The summed E-state index contributed by atoms with van der Waals surface area (Å²) in [6, 6.07) is 13.4. The molecule has 162 valence electrons. The minimum absolute atomic E-state index is 0.00347. The van der Waals surface area contributed by atoms with E-state index in [1.165, 1.54) is 19.2 Å². The molecule has 0 saturated carbocycles. The third-order valence-electron chi connectivity index (χ3n) is 4.36. The second-order valence-corrected chi connectivity index (χ2v) is 6.40. The maximum absolute atomic E-state index is 13.5. The van der Waals surface area contributed by atoms with E-state index in [0.29, 0.717) is 18.5 Å². The third kappa shape index (κ3) is 5.41. The summed E-state index contributed by atoms with van der Waals surface area (Å²) in [5.74, 6) is -0.209. The summed E-state index contributed by atoms with van der Waals surface area (Å²) < 4.78 is 45.6. The maximum Gasteiger partial charge on any atom is 0.421 e. The first-order valence-electron chi connectivity index (χ1n) is 9.21. The van der Waals surface area contributed by atoms with Crippen molar-refractivity contribution in [3.63, 3.8) is 0 Å². The van der Waals surface area contributed by atoms with Gasteiger partial charge in [-0.15, -0.1) is 0 Å². The first kappa shape index (κ1) is 21.9. The number of nitrogens with one attached hydrogen (secondary N) is 3. The predicted molar refractivity (Wildman–Crippen MR) is 110 cm³/mol. The van der Waals surface area contributed by atoms with Gasteiger partial charge in [0.25, 0.3) is 5.91 Å². The van der Waals surface area contributed by atoms with Crippen molar-refractivity contribution in [3.05, 3.63) is 71.4 Å². The molecule has 0 aliphatic carbocycles. The molecule has 0 unspecified atom stereocenters. The van der Waals surface area contributed by atoms with Gasteiger partial charge < -0.3 is 20.7 Å². The average molecular weight is 431 g/mol. The number of benzene rings is 2. The molecule has 0 fully saturated rings. The first-order chi connectivity index (χ1) is 14.8. The van der Waals surface area contributed by atoms with Crippen LogP contribution in [0.1, 0.15) is 21.5 Å². The Kier molecular flexibility index (Phi) is 6.58. The highest BCUT2D eigenvalue weighted by Crippen LogP contribution is 2.35. The number of amides is 1. The molecule has 1 amide bonds. The molecule has 10 heteroatoms. The largest absolute Gasteiger partial charge is 0.497 e. The van der Waals surface area contributed by atoms with Gasteiger partial charge in [0.15, 0.2) is 0 Å². The number of anilines is 3. The summed E-state index contributed by atoms with van der Waals surface area (Å²) in [6.45, 7) is 0.295. The van der Waals surface area contributed by atoms with E-state index in [-0.39, 0.29) is 17.2 Å². The molecule has 3 rings (SSSR count). The number of methoxy groups -OCH3 is 1.